The van der Waals surface area contributed by atoms with Gasteiger partial charge in [-0.05, 0) is 127 Å². The largest absolute Gasteiger partial charge is 0.493 e. The highest BCUT2D eigenvalue weighted by Crippen LogP contribution is 2.74. The van der Waals surface area contributed by atoms with Crippen LogP contribution in [0.25, 0.3) is 0 Å². The average molecular weight is 720 g/mol. The number of ether oxygens (including phenoxy) is 2. The maximum Gasteiger partial charge on any atom is 0.326 e. The molecule has 4 saturated carbocycles. The molecule has 0 saturated heterocycles. The second-order valence-electron chi connectivity index (χ2n) is 19.9. The van der Waals surface area contributed by atoms with Crippen molar-refractivity contribution in [1.29, 1.82) is 0 Å². The molecule has 0 heterocycles. The van der Waals surface area contributed by atoms with E-state index in [1.165, 1.54) is 52.1 Å². The first-order valence-corrected chi connectivity index (χ1v) is 20.5. The van der Waals surface area contributed by atoms with E-state index in [0.717, 1.165) is 32.1 Å². The van der Waals surface area contributed by atoms with Gasteiger partial charge in [0.2, 0.25) is 5.91 Å². The number of unbranched alkanes of at least 4 members (excludes halogenated alkanes) is 1. The molecule has 0 spiro atoms. The van der Waals surface area contributed by atoms with Gasteiger partial charge in [-0.1, -0.05) is 85.1 Å². The molecule has 10 unspecified atom stereocenters. The number of aliphatic hydroxyl groups excluding tert-OH is 1. The summed E-state index contributed by atoms with van der Waals surface area (Å²) in [7, 11) is 3.09. The number of rotatable bonds is 11. The normalized spacial score (nSPS) is 37.9. The number of amides is 1. The number of aliphatic hydroxyl groups is 1. The van der Waals surface area contributed by atoms with Crippen LogP contribution >= 0.6 is 0 Å². The quantitative estimate of drug-likeness (QED) is 0.156. The second kappa shape index (κ2) is 14.3. The average Bonchev–Trinajstić information content (AvgIpc) is 3.07. The van der Waals surface area contributed by atoms with Gasteiger partial charge in [-0.3, -0.25) is 4.79 Å². The standard InChI is InChI=1S/C45H69NO6/c1-41(2)26-29(13-10-11-16-38(48)46-33(40(49)50)25-28-14-12-15-34(51-8)39(28)52-9)30-19-23-44(6)32(31(30)27-41)17-18-36-43(5)22-21-37(47)42(3,4)35(43)20-24-45(36,44)7/h12,14-15,17,29-31,33,35-37,47H,10-11,13,16,18-27H2,1-9H3,(H,46,48)(H,49,50). The van der Waals surface area contributed by atoms with Crippen LogP contribution in [-0.4, -0.2) is 48.5 Å². The molecule has 10 atom stereocenters. The van der Waals surface area contributed by atoms with Gasteiger partial charge < -0.3 is 25.0 Å². The zero-order valence-electron chi connectivity index (χ0n) is 33.8. The molecular weight excluding hydrogens is 650 g/mol. The Kier molecular flexibility index (Phi) is 10.7. The third-order valence-electron chi connectivity index (χ3n) is 16.4. The van der Waals surface area contributed by atoms with Crippen LogP contribution in [0, 0.1) is 56.7 Å². The number of hydrogen-bond donors (Lipinski definition) is 3. The first kappa shape index (κ1) is 39.2. The molecule has 1 aromatic carbocycles. The van der Waals surface area contributed by atoms with Crippen LogP contribution in [-0.2, 0) is 16.0 Å². The highest BCUT2D eigenvalue weighted by molar-refractivity contribution is 5.83. The van der Waals surface area contributed by atoms with E-state index < -0.39 is 12.0 Å². The van der Waals surface area contributed by atoms with Gasteiger partial charge in [-0.25, -0.2) is 4.79 Å². The molecule has 5 aliphatic rings. The number of allylic oxidation sites excluding steroid dienone is 2. The van der Waals surface area contributed by atoms with Crippen molar-refractivity contribution >= 4 is 11.9 Å². The number of nitrogens with one attached hydrogen (secondary N) is 1. The van der Waals surface area contributed by atoms with Crippen molar-refractivity contribution in [2.75, 3.05) is 14.2 Å². The summed E-state index contributed by atoms with van der Waals surface area (Å²) in [4.78, 5) is 25.2. The number of carboxylic acids is 1. The third-order valence-corrected chi connectivity index (χ3v) is 16.4. The molecule has 4 fully saturated rings. The van der Waals surface area contributed by atoms with Gasteiger partial charge in [0.05, 0.1) is 20.3 Å². The molecule has 3 N–H and O–H groups in total. The molecule has 7 heteroatoms. The van der Waals surface area contributed by atoms with Crippen molar-refractivity contribution in [3.8, 4) is 11.5 Å². The lowest BCUT2D eigenvalue weighted by atomic mass is 9.34. The Morgan fingerprint density at radius 1 is 0.923 bits per heavy atom. The molecule has 52 heavy (non-hydrogen) atoms. The third kappa shape index (κ3) is 6.61. The van der Waals surface area contributed by atoms with Crippen molar-refractivity contribution in [2.24, 2.45) is 56.7 Å². The SMILES string of the molecule is COc1cccc(CC(NC(=O)CCCCC2CC(C)(C)CC3C4=CCC5C6(C)CCC(O)C(C)(C)C6CCC5(C)C4(C)CCC23)C(=O)O)c1OC. The van der Waals surface area contributed by atoms with Gasteiger partial charge in [0.25, 0.3) is 0 Å². The highest BCUT2D eigenvalue weighted by Gasteiger charge is 2.67. The van der Waals surface area contributed by atoms with E-state index in [9.17, 15) is 19.8 Å². The molecule has 0 radical (unpaired) electrons. The predicted octanol–water partition coefficient (Wildman–Crippen LogP) is 9.39. The van der Waals surface area contributed by atoms with Crippen LogP contribution in [0.1, 0.15) is 138 Å². The Morgan fingerprint density at radius 3 is 2.37 bits per heavy atom. The topological polar surface area (TPSA) is 105 Å². The summed E-state index contributed by atoms with van der Waals surface area (Å²) in [6.45, 7) is 17.6. The maximum atomic E-state index is 13.1. The zero-order chi connectivity index (χ0) is 37.9. The number of methoxy groups -OCH3 is 2. The summed E-state index contributed by atoms with van der Waals surface area (Å²) in [5.74, 6) is 2.98. The Bertz CT molecular complexity index is 1530. The van der Waals surface area contributed by atoms with Crippen molar-refractivity contribution in [2.45, 2.75) is 151 Å². The van der Waals surface area contributed by atoms with Crippen LogP contribution in [0.15, 0.2) is 29.8 Å². The minimum absolute atomic E-state index is 0.0267. The lowest BCUT2D eigenvalue weighted by molar-refractivity contribution is -0.201. The molecule has 5 aliphatic carbocycles. The first-order valence-electron chi connectivity index (χ1n) is 20.5. The summed E-state index contributed by atoms with van der Waals surface area (Å²) >= 11 is 0. The first-order chi connectivity index (χ1) is 24.4. The fraction of sp³-hybridized carbons (Fsp3) is 0.778. The minimum Gasteiger partial charge on any atom is -0.493 e. The number of benzene rings is 1. The molecule has 6 rings (SSSR count). The smallest absolute Gasteiger partial charge is 0.326 e. The van der Waals surface area contributed by atoms with Crippen molar-refractivity contribution in [3.05, 3.63) is 35.4 Å². The molecule has 7 nitrogen and oxygen atoms in total. The van der Waals surface area contributed by atoms with Crippen LogP contribution in [0.5, 0.6) is 11.5 Å². The Balaban J connectivity index is 1.10. The van der Waals surface area contributed by atoms with E-state index in [4.69, 9.17) is 9.47 Å². The van der Waals surface area contributed by atoms with Crippen LogP contribution in [0.2, 0.25) is 0 Å². The molecule has 1 amide bonds. The molecule has 0 bridgehead atoms. The molecule has 0 aliphatic heterocycles. The highest BCUT2D eigenvalue weighted by atomic mass is 16.5. The van der Waals surface area contributed by atoms with Gasteiger partial charge >= 0.3 is 5.97 Å². The van der Waals surface area contributed by atoms with Gasteiger partial charge in [0, 0.05) is 18.4 Å². The van der Waals surface area contributed by atoms with E-state index in [2.05, 4.69) is 59.9 Å². The number of fused-ring (bicyclic) bond motifs is 7. The van der Waals surface area contributed by atoms with Crippen molar-refractivity contribution < 1.29 is 29.3 Å². The lowest BCUT2D eigenvalue weighted by Crippen LogP contribution is -2.64. The van der Waals surface area contributed by atoms with Gasteiger partial charge in [0.1, 0.15) is 6.04 Å². The summed E-state index contributed by atoms with van der Waals surface area (Å²) < 4.78 is 10.9. The number of carbonyl (C=O) groups is 2. The van der Waals surface area contributed by atoms with E-state index >= 15 is 0 Å². The Hall–Kier alpha value is -2.54. The minimum atomic E-state index is -1.06. The Morgan fingerprint density at radius 2 is 1.67 bits per heavy atom. The molecule has 290 valence electrons. The van der Waals surface area contributed by atoms with E-state index in [0.29, 0.717) is 53.1 Å². The Labute approximate surface area is 314 Å². The van der Waals surface area contributed by atoms with Crippen molar-refractivity contribution in [1.82, 2.24) is 5.32 Å². The zero-order valence-corrected chi connectivity index (χ0v) is 33.8. The van der Waals surface area contributed by atoms with E-state index in [1.807, 2.05) is 6.07 Å². The lowest BCUT2D eigenvalue weighted by Gasteiger charge is -2.70. The summed E-state index contributed by atoms with van der Waals surface area (Å²) in [5.41, 5.74) is 3.49. The van der Waals surface area contributed by atoms with Crippen LogP contribution in [0.3, 0.4) is 0 Å². The van der Waals surface area contributed by atoms with Gasteiger partial charge in [0.15, 0.2) is 11.5 Å². The molecule has 0 aromatic heterocycles. The second-order valence-corrected chi connectivity index (χ2v) is 19.9. The van der Waals surface area contributed by atoms with Gasteiger partial charge in [-0.2, -0.15) is 0 Å². The number of carbonyl (C=O) groups excluding carboxylic acids is 1. The maximum absolute atomic E-state index is 13.1. The molecular formula is C45H69NO6. The van der Waals surface area contributed by atoms with E-state index in [1.54, 1.807) is 24.8 Å². The van der Waals surface area contributed by atoms with Gasteiger partial charge in [-0.15, -0.1) is 0 Å². The van der Waals surface area contributed by atoms with E-state index in [-0.39, 0.29) is 45.5 Å². The van der Waals surface area contributed by atoms with Crippen LogP contribution < -0.4 is 14.8 Å². The fourth-order valence-corrected chi connectivity index (χ4v) is 13.6. The predicted molar refractivity (Wildman–Crippen MR) is 206 cm³/mol. The number of aliphatic carboxylic acids is 1. The number of para-hydroxylation sites is 1. The summed E-state index contributed by atoms with van der Waals surface area (Å²) in [6, 6.07) is 4.35. The van der Waals surface area contributed by atoms with Crippen LogP contribution in [0.4, 0.5) is 0 Å². The monoisotopic (exact) mass is 720 g/mol. The fourth-order valence-electron chi connectivity index (χ4n) is 13.6. The molecule has 1 aromatic rings. The summed E-state index contributed by atoms with van der Waals surface area (Å²) in [5, 5.41) is 23.8. The number of hydrogen-bond acceptors (Lipinski definition) is 5. The number of carboxylic acid groups (broad SMARTS) is 1. The summed E-state index contributed by atoms with van der Waals surface area (Å²) in [6.07, 6.45) is 16.7. The van der Waals surface area contributed by atoms with Crippen molar-refractivity contribution in [3.63, 3.8) is 0 Å².